The molecule has 0 radical (unpaired) electrons. The van der Waals surface area contributed by atoms with Crippen LogP contribution >= 0.6 is 0 Å². The molecule has 0 N–H and O–H groups in total. The number of methoxy groups -OCH3 is 1. The lowest BCUT2D eigenvalue weighted by Gasteiger charge is -2.40. The molecule has 0 spiro atoms. The molecular formula is C24H30O. The minimum absolute atomic E-state index is 0.00274. The summed E-state index contributed by atoms with van der Waals surface area (Å²) in [5.74, 6) is 0. The van der Waals surface area contributed by atoms with Gasteiger partial charge in [-0.05, 0) is 36.8 Å². The molecule has 2 aliphatic carbocycles. The van der Waals surface area contributed by atoms with Gasteiger partial charge in [-0.1, -0.05) is 92.1 Å². The summed E-state index contributed by atoms with van der Waals surface area (Å²) in [5.41, 5.74) is 4.43. The van der Waals surface area contributed by atoms with Crippen LogP contribution in [0.15, 0.2) is 77.9 Å². The summed E-state index contributed by atoms with van der Waals surface area (Å²) in [4.78, 5) is 0. The van der Waals surface area contributed by atoms with E-state index >= 15 is 0 Å². The summed E-state index contributed by atoms with van der Waals surface area (Å²) in [6, 6.07) is 11.1. The van der Waals surface area contributed by atoms with E-state index in [1.54, 1.807) is 12.7 Å². The normalized spacial score (nSPS) is 22.2. The Morgan fingerprint density at radius 1 is 1.20 bits per heavy atom. The Hall–Kier alpha value is -1.86. The highest BCUT2D eigenvalue weighted by atomic mass is 16.5. The maximum atomic E-state index is 5.53. The van der Waals surface area contributed by atoms with Crippen molar-refractivity contribution in [3.63, 3.8) is 0 Å². The number of ether oxygens (including phenoxy) is 1. The molecule has 2 unspecified atom stereocenters. The van der Waals surface area contributed by atoms with Crippen LogP contribution in [0.1, 0.15) is 51.0 Å². The van der Waals surface area contributed by atoms with Gasteiger partial charge < -0.3 is 4.74 Å². The zero-order chi connectivity index (χ0) is 17.5. The summed E-state index contributed by atoms with van der Waals surface area (Å²) in [5, 5.41) is 0. The molecule has 1 heteroatoms. The van der Waals surface area contributed by atoms with E-state index in [1.807, 2.05) is 0 Å². The molecule has 1 nitrogen and oxygen atoms in total. The fourth-order valence-corrected chi connectivity index (χ4v) is 4.20. The Kier molecular flexibility index (Phi) is 6.09. The van der Waals surface area contributed by atoms with E-state index in [9.17, 15) is 0 Å². The van der Waals surface area contributed by atoms with Crippen molar-refractivity contribution >= 4 is 0 Å². The first-order valence-electron chi connectivity index (χ1n) is 9.64. The fourth-order valence-electron chi connectivity index (χ4n) is 4.20. The molecule has 2 atom stereocenters. The first-order chi connectivity index (χ1) is 12.3. The molecule has 25 heavy (non-hydrogen) atoms. The lowest BCUT2D eigenvalue weighted by atomic mass is 9.63. The summed E-state index contributed by atoms with van der Waals surface area (Å²) in [7, 11) is 1.80. The summed E-state index contributed by atoms with van der Waals surface area (Å²) in [6.07, 6.45) is 20.9. The Labute approximate surface area is 152 Å². The Morgan fingerprint density at radius 2 is 2.04 bits per heavy atom. The van der Waals surface area contributed by atoms with Crippen LogP contribution in [0.2, 0.25) is 0 Å². The Balaban J connectivity index is 2.11. The van der Waals surface area contributed by atoms with Crippen LogP contribution in [0, 0.1) is 0 Å². The largest absolute Gasteiger partial charge is 0.377 e. The van der Waals surface area contributed by atoms with Crippen molar-refractivity contribution < 1.29 is 4.74 Å². The number of hydrogen-bond donors (Lipinski definition) is 0. The van der Waals surface area contributed by atoms with E-state index in [-0.39, 0.29) is 11.5 Å². The fraction of sp³-hybridized carbons (Fsp3) is 0.417. The molecule has 0 heterocycles. The van der Waals surface area contributed by atoms with Crippen molar-refractivity contribution in [2.75, 3.05) is 7.11 Å². The number of unbranched alkanes of at least 4 members (excludes halogenated alkanes) is 1. The van der Waals surface area contributed by atoms with E-state index in [0.717, 1.165) is 19.3 Å². The third-order valence-electron chi connectivity index (χ3n) is 5.59. The van der Waals surface area contributed by atoms with E-state index in [1.165, 1.54) is 30.4 Å². The Morgan fingerprint density at radius 3 is 2.64 bits per heavy atom. The molecule has 2 aliphatic rings. The smallest absolute Gasteiger partial charge is 0.0789 e. The minimum atomic E-state index is -0.00274. The van der Waals surface area contributed by atoms with E-state index < -0.39 is 0 Å². The van der Waals surface area contributed by atoms with Gasteiger partial charge in [-0.15, -0.1) is 0 Å². The number of rotatable bonds is 7. The van der Waals surface area contributed by atoms with Crippen LogP contribution < -0.4 is 0 Å². The SMILES string of the molecule is CCCCC(C1=CCC(OC)C=C1)(C1=CC=CCC1)c1ccccc1. The van der Waals surface area contributed by atoms with E-state index in [2.05, 4.69) is 73.7 Å². The highest BCUT2D eigenvalue weighted by Gasteiger charge is 2.38. The van der Waals surface area contributed by atoms with Crippen LogP contribution in [0.25, 0.3) is 0 Å². The molecule has 1 aromatic carbocycles. The van der Waals surface area contributed by atoms with E-state index in [4.69, 9.17) is 4.74 Å². The van der Waals surface area contributed by atoms with Gasteiger partial charge in [-0.3, -0.25) is 0 Å². The number of benzene rings is 1. The van der Waals surface area contributed by atoms with Crippen LogP contribution in [0.5, 0.6) is 0 Å². The van der Waals surface area contributed by atoms with Gasteiger partial charge in [-0.25, -0.2) is 0 Å². The lowest BCUT2D eigenvalue weighted by molar-refractivity contribution is 0.142. The first kappa shape index (κ1) is 17.9. The molecule has 1 aromatic rings. The molecule has 0 saturated heterocycles. The van der Waals surface area contributed by atoms with Crippen molar-refractivity contribution in [2.24, 2.45) is 0 Å². The molecule has 0 fully saturated rings. The highest BCUT2D eigenvalue weighted by molar-refractivity contribution is 5.53. The topological polar surface area (TPSA) is 9.23 Å². The second kappa shape index (κ2) is 8.49. The molecule has 0 aliphatic heterocycles. The average molecular weight is 335 g/mol. The van der Waals surface area contributed by atoms with Crippen LogP contribution in [0.4, 0.5) is 0 Å². The van der Waals surface area contributed by atoms with Gasteiger partial charge >= 0.3 is 0 Å². The molecule has 132 valence electrons. The first-order valence-corrected chi connectivity index (χ1v) is 9.64. The predicted molar refractivity (Wildman–Crippen MR) is 107 cm³/mol. The van der Waals surface area contributed by atoms with Gasteiger partial charge in [-0.2, -0.15) is 0 Å². The standard InChI is InChI=1S/C24H30O/c1-3-4-19-24(20-11-7-5-8-12-20,21-13-9-6-10-14-21)22-15-17-23(25-2)18-16-22/h5-9,11-13,15-17,23H,3-4,10,14,18-19H2,1-2H3. The summed E-state index contributed by atoms with van der Waals surface area (Å²) < 4.78 is 5.53. The molecule has 3 rings (SSSR count). The van der Waals surface area contributed by atoms with Crippen molar-refractivity contribution in [3.8, 4) is 0 Å². The summed E-state index contributed by atoms with van der Waals surface area (Å²) >= 11 is 0. The quantitative estimate of drug-likeness (QED) is 0.569. The number of allylic oxidation sites excluding steroid dienone is 6. The van der Waals surface area contributed by atoms with Gasteiger partial charge in [0.15, 0.2) is 0 Å². The van der Waals surface area contributed by atoms with Crippen molar-refractivity contribution in [3.05, 3.63) is 83.5 Å². The van der Waals surface area contributed by atoms with Gasteiger partial charge in [0.2, 0.25) is 0 Å². The summed E-state index contributed by atoms with van der Waals surface area (Å²) in [6.45, 7) is 2.29. The molecule has 0 bridgehead atoms. The average Bonchev–Trinajstić information content (AvgIpc) is 2.71. The predicted octanol–water partition coefficient (Wildman–Crippen LogP) is 6.29. The zero-order valence-corrected chi connectivity index (χ0v) is 15.6. The van der Waals surface area contributed by atoms with Gasteiger partial charge in [0, 0.05) is 12.5 Å². The van der Waals surface area contributed by atoms with Crippen molar-refractivity contribution in [1.82, 2.24) is 0 Å². The van der Waals surface area contributed by atoms with Crippen molar-refractivity contribution in [1.29, 1.82) is 0 Å². The van der Waals surface area contributed by atoms with Crippen LogP contribution in [0.3, 0.4) is 0 Å². The van der Waals surface area contributed by atoms with Crippen molar-refractivity contribution in [2.45, 2.75) is 57.0 Å². The molecule has 0 saturated carbocycles. The monoisotopic (exact) mass is 334 g/mol. The maximum absolute atomic E-state index is 5.53. The van der Waals surface area contributed by atoms with E-state index in [0.29, 0.717) is 0 Å². The van der Waals surface area contributed by atoms with Gasteiger partial charge in [0.1, 0.15) is 0 Å². The second-order valence-electron chi connectivity index (χ2n) is 7.06. The lowest BCUT2D eigenvalue weighted by Crippen LogP contribution is -2.32. The molecule has 0 amide bonds. The third kappa shape index (κ3) is 3.72. The second-order valence-corrected chi connectivity index (χ2v) is 7.06. The molecule has 0 aromatic heterocycles. The maximum Gasteiger partial charge on any atom is 0.0789 e. The Bertz CT molecular complexity index is 677. The zero-order valence-electron chi connectivity index (χ0n) is 15.6. The molecular weight excluding hydrogens is 304 g/mol. The minimum Gasteiger partial charge on any atom is -0.377 e. The highest BCUT2D eigenvalue weighted by Crippen LogP contribution is 2.47. The number of hydrogen-bond acceptors (Lipinski definition) is 1. The van der Waals surface area contributed by atoms with Gasteiger partial charge in [0.05, 0.1) is 6.10 Å². The van der Waals surface area contributed by atoms with Crippen LogP contribution in [-0.2, 0) is 10.2 Å². The van der Waals surface area contributed by atoms with Gasteiger partial charge in [0.25, 0.3) is 0 Å². The third-order valence-corrected chi connectivity index (χ3v) is 5.59. The van der Waals surface area contributed by atoms with Crippen LogP contribution in [-0.4, -0.2) is 13.2 Å².